The molecule has 2 aromatic carbocycles. The number of rotatable bonds is 6. The third kappa shape index (κ3) is 4.49. The number of methoxy groups -OCH3 is 2. The van der Waals surface area contributed by atoms with E-state index in [9.17, 15) is 9.59 Å². The monoisotopic (exact) mass is 462 g/mol. The molecule has 2 heterocycles. The van der Waals surface area contributed by atoms with Crippen molar-refractivity contribution in [3.63, 3.8) is 0 Å². The van der Waals surface area contributed by atoms with Crippen molar-refractivity contribution in [2.75, 3.05) is 19.6 Å². The molecule has 2 aromatic heterocycles. The number of para-hydroxylation sites is 1. The van der Waals surface area contributed by atoms with Gasteiger partial charge in [-0.3, -0.25) is 5.43 Å². The highest BCUT2D eigenvalue weighted by Crippen LogP contribution is 2.26. The van der Waals surface area contributed by atoms with Gasteiger partial charge in [-0.15, -0.1) is 0 Å². The number of carbonyl (C=O) groups is 2. The smallest absolute Gasteiger partial charge is 0.337 e. The van der Waals surface area contributed by atoms with Crippen molar-refractivity contribution >= 4 is 44.8 Å². The van der Waals surface area contributed by atoms with Crippen LogP contribution in [0.2, 0.25) is 0 Å². The Morgan fingerprint density at radius 1 is 1.03 bits per heavy atom. The number of hydrogen-bond donors (Lipinski definition) is 1. The van der Waals surface area contributed by atoms with Gasteiger partial charge in [0.2, 0.25) is 5.13 Å². The van der Waals surface area contributed by atoms with Gasteiger partial charge in [0, 0.05) is 22.6 Å². The van der Waals surface area contributed by atoms with Crippen LogP contribution in [0.3, 0.4) is 0 Å². The minimum absolute atomic E-state index is 0.260. The fourth-order valence-electron chi connectivity index (χ4n) is 3.60. The minimum atomic E-state index is -0.536. The van der Waals surface area contributed by atoms with E-state index in [-0.39, 0.29) is 11.1 Å². The van der Waals surface area contributed by atoms with Crippen LogP contribution in [0.4, 0.5) is 5.13 Å². The Morgan fingerprint density at radius 2 is 1.70 bits per heavy atom. The molecule has 0 radical (unpaired) electrons. The average molecular weight is 463 g/mol. The largest absolute Gasteiger partial charge is 0.465 e. The van der Waals surface area contributed by atoms with Gasteiger partial charge in [0.25, 0.3) is 0 Å². The van der Waals surface area contributed by atoms with E-state index >= 15 is 0 Å². The van der Waals surface area contributed by atoms with E-state index in [1.807, 2.05) is 48.7 Å². The van der Waals surface area contributed by atoms with Gasteiger partial charge >= 0.3 is 11.9 Å². The van der Waals surface area contributed by atoms with Gasteiger partial charge in [-0.1, -0.05) is 23.5 Å². The Bertz CT molecular complexity index is 1320. The molecule has 9 heteroatoms. The summed E-state index contributed by atoms with van der Waals surface area (Å²) in [5.74, 6) is -1.07. The second kappa shape index (κ2) is 9.25. The van der Waals surface area contributed by atoms with Crippen LogP contribution in [0.25, 0.3) is 15.9 Å². The van der Waals surface area contributed by atoms with Crippen molar-refractivity contribution in [1.29, 1.82) is 0 Å². The maximum absolute atomic E-state index is 12.2. The number of hydrazone groups is 1. The molecule has 1 N–H and O–H groups in total. The average Bonchev–Trinajstić information content (AvgIpc) is 3.37. The molecule has 0 unspecified atom stereocenters. The summed E-state index contributed by atoms with van der Waals surface area (Å²) in [7, 11) is 2.60. The quantitative estimate of drug-likeness (QED) is 0.253. The number of anilines is 1. The molecule has 0 bridgehead atoms. The Balaban J connectivity index is 1.66. The van der Waals surface area contributed by atoms with Crippen molar-refractivity contribution in [2.24, 2.45) is 5.10 Å². The fourth-order valence-corrected chi connectivity index (χ4v) is 4.42. The van der Waals surface area contributed by atoms with Crippen molar-refractivity contribution < 1.29 is 19.1 Å². The van der Waals surface area contributed by atoms with Crippen LogP contribution >= 0.6 is 11.3 Å². The molecule has 4 aromatic rings. The highest BCUT2D eigenvalue weighted by molar-refractivity contribution is 7.22. The summed E-state index contributed by atoms with van der Waals surface area (Å²) < 4.78 is 12.7. The topological polar surface area (TPSA) is 94.8 Å². The summed E-state index contributed by atoms with van der Waals surface area (Å²) in [5.41, 5.74) is 7.75. The lowest BCUT2D eigenvalue weighted by molar-refractivity contribution is 0.0599. The summed E-state index contributed by atoms with van der Waals surface area (Å²) in [6.45, 7) is 3.88. The maximum atomic E-state index is 12.2. The Labute approximate surface area is 194 Å². The van der Waals surface area contributed by atoms with Crippen LogP contribution in [0.5, 0.6) is 0 Å². The standard InChI is InChI=1S/C24H22N4O4S/c1-14-9-18(13-25-27-24-26-20-7-5-6-8-21(20)33-24)15(2)28(14)19-11-16(22(29)31-3)10-17(12-19)23(30)32-4/h5-13H,1-4H3,(H,26,27)/b25-13-. The van der Waals surface area contributed by atoms with E-state index < -0.39 is 11.9 Å². The molecule has 0 amide bonds. The van der Waals surface area contributed by atoms with Crippen LogP contribution in [0.1, 0.15) is 37.7 Å². The number of aromatic nitrogens is 2. The molecule has 0 fully saturated rings. The van der Waals surface area contributed by atoms with E-state index in [0.29, 0.717) is 10.8 Å². The van der Waals surface area contributed by atoms with Gasteiger partial charge in [-0.2, -0.15) is 5.10 Å². The molecule has 168 valence electrons. The Morgan fingerprint density at radius 3 is 2.33 bits per heavy atom. The zero-order valence-corrected chi connectivity index (χ0v) is 19.4. The summed E-state index contributed by atoms with van der Waals surface area (Å²) in [6.07, 6.45) is 1.72. The number of ether oxygens (including phenoxy) is 2. The lowest BCUT2D eigenvalue weighted by Gasteiger charge is -2.13. The number of thiazole rings is 1. The van der Waals surface area contributed by atoms with E-state index in [1.54, 1.807) is 18.3 Å². The van der Waals surface area contributed by atoms with Gasteiger partial charge in [0.05, 0.1) is 41.8 Å². The Hall–Kier alpha value is -3.98. The molecule has 4 rings (SSSR count). The first kappa shape index (κ1) is 22.2. The fraction of sp³-hybridized carbons (Fsp3) is 0.167. The highest BCUT2D eigenvalue weighted by Gasteiger charge is 2.17. The van der Waals surface area contributed by atoms with Gasteiger partial charge in [-0.25, -0.2) is 14.6 Å². The molecule has 0 aliphatic rings. The van der Waals surface area contributed by atoms with Crippen molar-refractivity contribution in [3.05, 3.63) is 76.6 Å². The van der Waals surface area contributed by atoms with E-state index in [0.717, 1.165) is 27.2 Å². The second-order valence-electron chi connectivity index (χ2n) is 7.27. The molecular weight excluding hydrogens is 440 g/mol. The molecule has 0 saturated carbocycles. The number of hydrogen-bond acceptors (Lipinski definition) is 8. The molecule has 0 aliphatic carbocycles. The first-order valence-electron chi connectivity index (χ1n) is 10.1. The van der Waals surface area contributed by atoms with Crippen LogP contribution in [0, 0.1) is 13.8 Å². The van der Waals surface area contributed by atoms with Crippen LogP contribution in [-0.4, -0.2) is 41.9 Å². The van der Waals surface area contributed by atoms with E-state index in [2.05, 4.69) is 15.5 Å². The van der Waals surface area contributed by atoms with Gasteiger partial charge in [-0.05, 0) is 50.2 Å². The van der Waals surface area contributed by atoms with Crippen LogP contribution < -0.4 is 5.43 Å². The zero-order valence-electron chi connectivity index (χ0n) is 18.6. The number of nitrogens with zero attached hydrogens (tertiary/aromatic N) is 3. The van der Waals surface area contributed by atoms with Crippen molar-refractivity contribution in [3.8, 4) is 5.69 Å². The van der Waals surface area contributed by atoms with Crippen LogP contribution in [-0.2, 0) is 9.47 Å². The third-order valence-corrected chi connectivity index (χ3v) is 6.09. The molecule has 0 spiro atoms. The molecule has 0 aliphatic heterocycles. The first-order chi connectivity index (χ1) is 15.9. The summed E-state index contributed by atoms with van der Waals surface area (Å²) in [6, 6.07) is 14.7. The Kier molecular flexibility index (Phi) is 6.23. The maximum Gasteiger partial charge on any atom is 0.337 e. The lowest BCUT2D eigenvalue weighted by Crippen LogP contribution is -2.10. The number of aryl methyl sites for hydroxylation is 1. The van der Waals surface area contributed by atoms with Crippen molar-refractivity contribution in [1.82, 2.24) is 9.55 Å². The number of esters is 2. The van der Waals surface area contributed by atoms with Gasteiger partial charge in [0.1, 0.15) is 0 Å². The molecule has 0 atom stereocenters. The molecular formula is C24H22N4O4S. The SMILES string of the molecule is COC(=O)c1cc(C(=O)OC)cc(-n2c(C)cc(/C=N\Nc3nc4ccccc4s3)c2C)c1. The normalized spacial score (nSPS) is 11.2. The molecule has 0 saturated heterocycles. The minimum Gasteiger partial charge on any atom is -0.465 e. The number of nitrogens with one attached hydrogen (secondary N) is 1. The summed E-state index contributed by atoms with van der Waals surface area (Å²) in [4.78, 5) is 28.8. The lowest BCUT2D eigenvalue weighted by atomic mass is 10.1. The highest BCUT2D eigenvalue weighted by atomic mass is 32.1. The first-order valence-corrected chi connectivity index (χ1v) is 10.9. The van der Waals surface area contributed by atoms with Gasteiger partial charge < -0.3 is 14.0 Å². The van der Waals surface area contributed by atoms with E-state index in [4.69, 9.17) is 9.47 Å². The number of benzene rings is 2. The summed E-state index contributed by atoms with van der Waals surface area (Å²) >= 11 is 1.53. The second-order valence-corrected chi connectivity index (χ2v) is 8.30. The summed E-state index contributed by atoms with van der Waals surface area (Å²) in [5, 5.41) is 5.05. The van der Waals surface area contributed by atoms with Crippen molar-refractivity contribution in [2.45, 2.75) is 13.8 Å². The predicted octanol–water partition coefficient (Wildman–Crippen LogP) is 4.72. The predicted molar refractivity (Wildman–Crippen MR) is 129 cm³/mol. The molecule has 8 nitrogen and oxygen atoms in total. The van der Waals surface area contributed by atoms with Crippen LogP contribution in [0.15, 0.2) is 53.6 Å². The third-order valence-electron chi connectivity index (χ3n) is 5.15. The number of fused-ring (bicyclic) bond motifs is 1. The van der Waals surface area contributed by atoms with E-state index in [1.165, 1.54) is 31.6 Å². The molecule has 33 heavy (non-hydrogen) atoms. The zero-order chi connectivity index (χ0) is 23.5. The van der Waals surface area contributed by atoms with Gasteiger partial charge in [0.15, 0.2) is 0 Å². The number of carbonyl (C=O) groups excluding carboxylic acids is 2.